The average Bonchev–Trinajstić information content (AvgIpc) is 2.21. The van der Waals surface area contributed by atoms with E-state index in [1.807, 2.05) is 0 Å². The van der Waals surface area contributed by atoms with Gasteiger partial charge >= 0.3 is 0 Å². The molecule has 1 aliphatic carbocycles. The molecule has 0 spiro atoms. The Bertz CT molecular complexity index is 441. The summed E-state index contributed by atoms with van der Waals surface area (Å²) < 4.78 is 27.3. The van der Waals surface area contributed by atoms with E-state index in [4.69, 9.17) is 11.6 Å². The van der Waals surface area contributed by atoms with Gasteiger partial charge in [-0.2, -0.15) is 0 Å². The van der Waals surface area contributed by atoms with Crippen molar-refractivity contribution in [1.29, 1.82) is 0 Å². The number of carbonyl (C=O) groups is 1. The molecule has 1 fully saturated rings. The van der Waals surface area contributed by atoms with Crippen molar-refractivity contribution in [2.24, 2.45) is 0 Å². The maximum Gasteiger partial charge on any atom is 0.133 e. The van der Waals surface area contributed by atoms with Gasteiger partial charge in [0, 0.05) is 17.9 Å². The zero-order chi connectivity index (χ0) is 12.6. The van der Waals surface area contributed by atoms with E-state index < -0.39 is 17.2 Å². The normalized spacial score (nSPS) is 19.4. The first kappa shape index (κ1) is 12.5. The molecule has 2 nitrogen and oxygen atoms in total. The largest absolute Gasteiger partial charge is 0.385 e. The lowest BCUT2D eigenvalue weighted by Gasteiger charge is -2.32. The van der Waals surface area contributed by atoms with Crippen molar-refractivity contribution in [2.75, 3.05) is 0 Å². The van der Waals surface area contributed by atoms with Crippen molar-refractivity contribution >= 4 is 17.4 Å². The number of rotatable bonds is 1. The van der Waals surface area contributed by atoms with Crippen molar-refractivity contribution < 1.29 is 18.7 Å². The third-order valence-corrected chi connectivity index (χ3v) is 3.33. The Morgan fingerprint density at radius 3 is 2.12 bits per heavy atom. The van der Waals surface area contributed by atoms with E-state index in [2.05, 4.69) is 0 Å². The zero-order valence-corrected chi connectivity index (χ0v) is 9.73. The van der Waals surface area contributed by atoms with Crippen molar-refractivity contribution in [3.05, 3.63) is 34.4 Å². The lowest BCUT2D eigenvalue weighted by atomic mass is 9.79. The van der Waals surface area contributed by atoms with E-state index in [0.29, 0.717) is 0 Å². The first-order chi connectivity index (χ1) is 7.92. The Labute approximate surface area is 102 Å². The van der Waals surface area contributed by atoms with Crippen LogP contribution in [0.15, 0.2) is 12.1 Å². The van der Waals surface area contributed by atoms with Crippen LogP contribution in [0, 0.1) is 11.6 Å². The summed E-state index contributed by atoms with van der Waals surface area (Å²) in [5.41, 5.74) is -1.98. The maximum atomic E-state index is 13.7. The summed E-state index contributed by atoms with van der Waals surface area (Å²) in [5.74, 6) is -1.73. The quantitative estimate of drug-likeness (QED) is 0.843. The van der Waals surface area contributed by atoms with Crippen LogP contribution in [0.4, 0.5) is 8.78 Å². The van der Waals surface area contributed by atoms with E-state index in [-0.39, 0.29) is 42.1 Å². The predicted octanol–water partition coefficient (Wildman–Crippen LogP) is 2.95. The van der Waals surface area contributed by atoms with Gasteiger partial charge in [-0.15, -0.1) is 0 Å². The molecule has 0 heterocycles. The highest BCUT2D eigenvalue weighted by atomic mass is 35.5. The molecule has 1 aromatic rings. The van der Waals surface area contributed by atoms with Crippen molar-refractivity contribution in [3.63, 3.8) is 0 Å². The molecule has 0 aromatic heterocycles. The Kier molecular flexibility index (Phi) is 3.19. The zero-order valence-electron chi connectivity index (χ0n) is 8.97. The molecule has 92 valence electrons. The van der Waals surface area contributed by atoms with Crippen LogP contribution in [0.25, 0.3) is 0 Å². The molecule has 0 bridgehead atoms. The van der Waals surface area contributed by atoms with E-state index in [0.717, 1.165) is 12.1 Å². The first-order valence-corrected chi connectivity index (χ1v) is 5.69. The molecule has 0 unspecified atom stereocenters. The molecule has 0 radical (unpaired) electrons. The van der Waals surface area contributed by atoms with Gasteiger partial charge in [-0.3, -0.25) is 4.79 Å². The molecule has 1 aliphatic rings. The Hall–Kier alpha value is -1.00. The highest BCUT2D eigenvalue weighted by Gasteiger charge is 2.38. The molecule has 0 atom stereocenters. The highest BCUT2D eigenvalue weighted by molar-refractivity contribution is 6.30. The van der Waals surface area contributed by atoms with Gasteiger partial charge in [-0.1, -0.05) is 11.6 Å². The molecule has 2 rings (SSSR count). The number of Topliss-reactive ketones (excluding diaryl/α,β-unsaturated/α-hetero) is 1. The van der Waals surface area contributed by atoms with E-state index in [1.54, 1.807) is 0 Å². The lowest BCUT2D eigenvalue weighted by molar-refractivity contribution is -0.126. The number of hydrogen-bond donors (Lipinski definition) is 1. The minimum Gasteiger partial charge on any atom is -0.385 e. The minimum absolute atomic E-state index is 0.00412. The standard InChI is InChI=1S/C12H11ClF2O2/c13-7-5-9(14)11(10(15)6-7)12(17)3-1-8(16)2-4-12/h5-6,17H,1-4H2. The van der Waals surface area contributed by atoms with Gasteiger partial charge in [0.05, 0.1) is 11.2 Å². The Morgan fingerprint density at radius 1 is 1.18 bits per heavy atom. The van der Waals surface area contributed by atoms with Crippen molar-refractivity contribution in [3.8, 4) is 0 Å². The number of aliphatic hydroxyl groups is 1. The molecular formula is C12H11ClF2O2. The summed E-state index contributed by atoms with van der Waals surface area (Å²) in [6.45, 7) is 0. The van der Waals surface area contributed by atoms with Crippen LogP contribution in [0.3, 0.4) is 0 Å². The molecule has 0 aliphatic heterocycles. The average molecular weight is 261 g/mol. The summed E-state index contributed by atoms with van der Waals surface area (Å²) in [6, 6.07) is 1.93. The number of benzene rings is 1. The lowest BCUT2D eigenvalue weighted by Crippen LogP contribution is -2.33. The van der Waals surface area contributed by atoms with E-state index in [9.17, 15) is 18.7 Å². The Morgan fingerprint density at radius 2 is 1.65 bits per heavy atom. The maximum absolute atomic E-state index is 13.7. The number of hydrogen-bond acceptors (Lipinski definition) is 2. The van der Waals surface area contributed by atoms with E-state index >= 15 is 0 Å². The predicted molar refractivity (Wildman–Crippen MR) is 58.7 cm³/mol. The van der Waals surface area contributed by atoms with Gasteiger partial charge in [-0.05, 0) is 25.0 Å². The third-order valence-electron chi connectivity index (χ3n) is 3.11. The Balaban J connectivity index is 2.43. The van der Waals surface area contributed by atoms with Gasteiger partial charge in [0.2, 0.25) is 0 Å². The topological polar surface area (TPSA) is 37.3 Å². The van der Waals surface area contributed by atoms with Gasteiger partial charge in [0.15, 0.2) is 0 Å². The number of carbonyl (C=O) groups excluding carboxylic acids is 1. The summed E-state index contributed by atoms with van der Waals surface area (Å²) in [6.07, 6.45) is 0.360. The summed E-state index contributed by atoms with van der Waals surface area (Å²) >= 11 is 5.51. The van der Waals surface area contributed by atoms with Gasteiger partial charge in [-0.25, -0.2) is 8.78 Å². The molecule has 0 saturated heterocycles. The second-order valence-electron chi connectivity index (χ2n) is 4.31. The highest BCUT2D eigenvalue weighted by Crippen LogP contribution is 2.39. The SMILES string of the molecule is O=C1CCC(O)(c2c(F)cc(Cl)cc2F)CC1. The first-order valence-electron chi connectivity index (χ1n) is 5.31. The molecule has 17 heavy (non-hydrogen) atoms. The van der Waals surface area contributed by atoms with Gasteiger partial charge in [0.1, 0.15) is 17.4 Å². The molecule has 0 amide bonds. The monoisotopic (exact) mass is 260 g/mol. The smallest absolute Gasteiger partial charge is 0.133 e. The van der Waals surface area contributed by atoms with Crippen LogP contribution in [0.5, 0.6) is 0 Å². The summed E-state index contributed by atoms with van der Waals surface area (Å²) in [7, 11) is 0. The molecule has 1 aromatic carbocycles. The van der Waals surface area contributed by atoms with Gasteiger partial charge < -0.3 is 5.11 Å². The van der Waals surface area contributed by atoms with Crippen LogP contribution in [0.1, 0.15) is 31.2 Å². The number of ketones is 1. The van der Waals surface area contributed by atoms with Crippen LogP contribution in [-0.2, 0) is 10.4 Å². The molecule has 1 saturated carbocycles. The third kappa shape index (κ3) is 2.33. The van der Waals surface area contributed by atoms with Crippen LogP contribution >= 0.6 is 11.6 Å². The van der Waals surface area contributed by atoms with Crippen LogP contribution < -0.4 is 0 Å². The van der Waals surface area contributed by atoms with Crippen molar-refractivity contribution in [1.82, 2.24) is 0 Å². The summed E-state index contributed by atoms with van der Waals surface area (Å²) in [5, 5.41) is 10.2. The molecule has 1 N–H and O–H groups in total. The second kappa shape index (κ2) is 4.35. The van der Waals surface area contributed by atoms with E-state index in [1.165, 1.54) is 0 Å². The number of halogens is 3. The van der Waals surface area contributed by atoms with Crippen molar-refractivity contribution in [2.45, 2.75) is 31.3 Å². The van der Waals surface area contributed by atoms with Crippen LogP contribution in [0.2, 0.25) is 5.02 Å². The van der Waals surface area contributed by atoms with Gasteiger partial charge in [0.25, 0.3) is 0 Å². The molecular weight excluding hydrogens is 250 g/mol. The fraction of sp³-hybridized carbons (Fsp3) is 0.417. The minimum atomic E-state index is -1.60. The summed E-state index contributed by atoms with van der Waals surface area (Å²) in [4.78, 5) is 11.1. The second-order valence-corrected chi connectivity index (χ2v) is 4.75. The molecule has 5 heteroatoms. The fourth-order valence-corrected chi connectivity index (χ4v) is 2.37. The van der Waals surface area contributed by atoms with Crippen LogP contribution in [-0.4, -0.2) is 10.9 Å². The fourth-order valence-electron chi connectivity index (χ4n) is 2.18.